The Morgan fingerprint density at radius 3 is 2.50 bits per heavy atom. The summed E-state index contributed by atoms with van der Waals surface area (Å²) in [6.07, 6.45) is 2.10. The summed E-state index contributed by atoms with van der Waals surface area (Å²) < 4.78 is 22.8. The van der Waals surface area contributed by atoms with Crippen molar-refractivity contribution in [2.24, 2.45) is 5.92 Å². The lowest BCUT2D eigenvalue weighted by molar-refractivity contribution is -0.146. The molecule has 0 spiro atoms. The molecule has 1 heterocycles. The Balaban J connectivity index is 1.98. The topological polar surface area (TPSA) is 83.5 Å². The Morgan fingerprint density at radius 1 is 1.44 bits per heavy atom. The second kappa shape index (κ2) is 3.70. The van der Waals surface area contributed by atoms with Gasteiger partial charge in [-0.25, -0.2) is 8.42 Å². The summed E-state index contributed by atoms with van der Waals surface area (Å²) in [6, 6.07) is -0.0594. The van der Waals surface area contributed by atoms with Crippen LogP contribution in [0.4, 0.5) is 0 Å². The number of hydrogen-bond donors (Lipinski definition) is 2. The van der Waals surface area contributed by atoms with Crippen molar-refractivity contribution < 1.29 is 18.3 Å². The molecule has 2 rings (SSSR count). The minimum atomic E-state index is -2.93. The molecule has 92 valence electrons. The molecule has 0 amide bonds. The van der Waals surface area contributed by atoms with Crippen molar-refractivity contribution in [2.45, 2.75) is 37.8 Å². The van der Waals surface area contributed by atoms with Crippen LogP contribution < -0.4 is 5.32 Å². The fraction of sp³-hybridized carbons (Fsp3) is 0.900. The van der Waals surface area contributed by atoms with E-state index in [0.717, 1.165) is 6.42 Å². The van der Waals surface area contributed by atoms with Crippen LogP contribution in [0.3, 0.4) is 0 Å². The third-order valence-corrected chi connectivity index (χ3v) is 5.53. The molecule has 1 saturated heterocycles. The zero-order chi connectivity index (χ0) is 12.0. The van der Waals surface area contributed by atoms with Crippen molar-refractivity contribution in [3.05, 3.63) is 0 Å². The number of sulfone groups is 1. The Bertz CT molecular complexity index is 405. The lowest BCUT2D eigenvalue weighted by atomic mass is 9.78. The molecule has 0 aromatic heterocycles. The quantitative estimate of drug-likeness (QED) is 0.734. The molecule has 1 aliphatic carbocycles. The van der Waals surface area contributed by atoms with Gasteiger partial charge < -0.3 is 10.4 Å². The Labute approximate surface area is 95.1 Å². The second-order valence-corrected chi connectivity index (χ2v) is 7.36. The first-order valence-corrected chi connectivity index (χ1v) is 7.34. The maximum Gasteiger partial charge on any atom is 0.308 e. The second-order valence-electron chi connectivity index (χ2n) is 5.18. The van der Waals surface area contributed by atoms with E-state index in [1.165, 1.54) is 0 Å². The summed E-state index contributed by atoms with van der Waals surface area (Å²) in [4.78, 5) is 10.8. The van der Waals surface area contributed by atoms with Gasteiger partial charge in [-0.2, -0.15) is 0 Å². The van der Waals surface area contributed by atoms with Crippen LogP contribution >= 0.6 is 0 Å². The molecular formula is C10H17NO4S. The number of carbonyl (C=O) groups is 1. The van der Waals surface area contributed by atoms with Crippen LogP contribution in [0.5, 0.6) is 0 Å². The van der Waals surface area contributed by atoms with E-state index in [-0.39, 0.29) is 23.5 Å². The lowest BCUT2D eigenvalue weighted by Gasteiger charge is -2.40. The highest BCUT2D eigenvalue weighted by molar-refractivity contribution is 7.91. The van der Waals surface area contributed by atoms with Gasteiger partial charge in [0.2, 0.25) is 0 Å². The molecule has 0 bridgehead atoms. The fourth-order valence-corrected chi connectivity index (χ4v) is 4.64. The van der Waals surface area contributed by atoms with Gasteiger partial charge >= 0.3 is 5.97 Å². The van der Waals surface area contributed by atoms with Crippen LogP contribution in [0.15, 0.2) is 0 Å². The van der Waals surface area contributed by atoms with Gasteiger partial charge in [0.05, 0.1) is 17.4 Å². The smallest absolute Gasteiger partial charge is 0.308 e. The van der Waals surface area contributed by atoms with Crippen molar-refractivity contribution in [3.63, 3.8) is 0 Å². The highest BCUT2D eigenvalue weighted by Gasteiger charge is 2.44. The lowest BCUT2D eigenvalue weighted by Crippen LogP contribution is -2.57. The number of rotatable bonds is 3. The Kier molecular flexibility index (Phi) is 2.74. The van der Waals surface area contributed by atoms with Gasteiger partial charge in [-0.1, -0.05) is 0 Å². The molecule has 2 aliphatic rings. The van der Waals surface area contributed by atoms with Crippen molar-refractivity contribution in [2.75, 3.05) is 11.5 Å². The highest BCUT2D eigenvalue weighted by atomic mass is 32.2. The van der Waals surface area contributed by atoms with Gasteiger partial charge in [-0.3, -0.25) is 4.79 Å². The van der Waals surface area contributed by atoms with Gasteiger partial charge in [-0.05, 0) is 26.2 Å². The molecule has 3 unspecified atom stereocenters. The summed E-state index contributed by atoms with van der Waals surface area (Å²) in [5.41, 5.74) is -0.433. The van der Waals surface area contributed by atoms with Crippen LogP contribution in [0.1, 0.15) is 26.2 Å². The van der Waals surface area contributed by atoms with Crippen LogP contribution in [0, 0.1) is 5.92 Å². The van der Waals surface area contributed by atoms with Gasteiger partial charge in [-0.15, -0.1) is 0 Å². The van der Waals surface area contributed by atoms with E-state index < -0.39 is 21.3 Å². The van der Waals surface area contributed by atoms with E-state index in [4.69, 9.17) is 5.11 Å². The number of carboxylic acids is 1. The third kappa shape index (κ3) is 2.22. The average Bonchev–Trinajstić information content (AvgIpc) is 2.35. The maximum absolute atomic E-state index is 11.4. The zero-order valence-electron chi connectivity index (χ0n) is 9.27. The molecule has 6 heteroatoms. The van der Waals surface area contributed by atoms with Crippen LogP contribution in [0.2, 0.25) is 0 Å². The predicted octanol–water partition coefficient (Wildman–Crippen LogP) is 0.0164. The summed E-state index contributed by atoms with van der Waals surface area (Å²) in [7, 11) is -2.93. The molecule has 2 N–H and O–H groups in total. The fourth-order valence-electron chi connectivity index (χ4n) is 2.54. The molecule has 2 fully saturated rings. The highest BCUT2D eigenvalue weighted by Crippen LogP contribution is 2.32. The molecular weight excluding hydrogens is 230 g/mol. The summed E-state index contributed by atoms with van der Waals surface area (Å²) in [6.45, 7) is 1.87. The predicted molar refractivity (Wildman–Crippen MR) is 59.0 cm³/mol. The SMILES string of the molecule is CC1(NC2CCC2C(=O)O)CCS(=O)(=O)C1. The number of aliphatic carboxylic acids is 1. The van der Waals surface area contributed by atoms with Gasteiger partial charge in [0.1, 0.15) is 0 Å². The van der Waals surface area contributed by atoms with Crippen LogP contribution in [0.25, 0.3) is 0 Å². The van der Waals surface area contributed by atoms with E-state index in [1.54, 1.807) is 0 Å². The molecule has 1 aliphatic heterocycles. The molecule has 5 nitrogen and oxygen atoms in total. The summed E-state index contributed by atoms with van der Waals surface area (Å²) in [5.74, 6) is -0.794. The monoisotopic (exact) mass is 247 g/mol. The van der Waals surface area contributed by atoms with Crippen molar-refractivity contribution in [1.29, 1.82) is 0 Å². The van der Waals surface area contributed by atoms with E-state index in [9.17, 15) is 13.2 Å². The maximum atomic E-state index is 11.4. The largest absolute Gasteiger partial charge is 0.481 e. The molecule has 0 radical (unpaired) electrons. The van der Waals surface area contributed by atoms with Crippen LogP contribution in [-0.2, 0) is 14.6 Å². The van der Waals surface area contributed by atoms with E-state index in [2.05, 4.69) is 5.32 Å². The van der Waals surface area contributed by atoms with E-state index in [1.807, 2.05) is 6.92 Å². The van der Waals surface area contributed by atoms with Crippen LogP contribution in [-0.4, -0.2) is 42.6 Å². The molecule has 1 saturated carbocycles. The van der Waals surface area contributed by atoms with Gasteiger partial charge in [0.15, 0.2) is 9.84 Å². The van der Waals surface area contributed by atoms with E-state index in [0.29, 0.717) is 12.8 Å². The summed E-state index contributed by atoms with van der Waals surface area (Å²) in [5, 5.41) is 12.1. The third-order valence-electron chi connectivity index (χ3n) is 3.63. The van der Waals surface area contributed by atoms with Crippen molar-refractivity contribution >= 4 is 15.8 Å². The number of hydrogen-bond acceptors (Lipinski definition) is 4. The molecule has 0 aromatic rings. The minimum absolute atomic E-state index is 0.0594. The van der Waals surface area contributed by atoms with Crippen molar-refractivity contribution in [3.8, 4) is 0 Å². The molecule has 0 aromatic carbocycles. The first-order chi connectivity index (χ1) is 7.31. The summed E-state index contributed by atoms with van der Waals surface area (Å²) >= 11 is 0. The Morgan fingerprint density at radius 2 is 2.12 bits per heavy atom. The number of carboxylic acid groups (broad SMARTS) is 1. The first kappa shape index (κ1) is 11.9. The molecule has 3 atom stereocenters. The standard InChI is InChI=1S/C10H17NO4S/c1-10(4-5-16(14,15)6-10)11-8-3-2-7(8)9(12)13/h7-8,11H,2-6H2,1H3,(H,12,13). The average molecular weight is 247 g/mol. The Hall–Kier alpha value is -0.620. The van der Waals surface area contributed by atoms with E-state index >= 15 is 0 Å². The van der Waals surface area contributed by atoms with Gasteiger partial charge in [0, 0.05) is 11.6 Å². The minimum Gasteiger partial charge on any atom is -0.481 e. The first-order valence-electron chi connectivity index (χ1n) is 5.52. The number of nitrogens with one attached hydrogen (secondary N) is 1. The zero-order valence-corrected chi connectivity index (χ0v) is 10.1. The van der Waals surface area contributed by atoms with Crippen molar-refractivity contribution in [1.82, 2.24) is 5.32 Å². The van der Waals surface area contributed by atoms with Gasteiger partial charge in [0.25, 0.3) is 0 Å². The molecule has 16 heavy (non-hydrogen) atoms. The normalized spacial score (nSPS) is 41.6.